The maximum atomic E-state index is 12.6. The van der Waals surface area contributed by atoms with Crippen molar-refractivity contribution in [2.24, 2.45) is 0 Å². The third-order valence-electron chi connectivity index (χ3n) is 5.29. The fraction of sp³-hybridized carbons (Fsp3) is 0.632. The summed E-state index contributed by atoms with van der Waals surface area (Å²) >= 11 is 0. The fourth-order valence-electron chi connectivity index (χ4n) is 3.90. The van der Waals surface area contributed by atoms with Crippen LogP contribution in [-0.2, 0) is 0 Å². The first-order valence-electron chi connectivity index (χ1n) is 9.26. The van der Waals surface area contributed by atoms with Crippen LogP contribution in [0.4, 0.5) is 10.5 Å². The minimum absolute atomic E-state index is 0.0614. The summed E-state index contributed by atoms with van der Waals surface area (Å²) in [5, 5.41) is 12.4. The van der Waals surface area contributed by atoms with E-state index in [2.05, 4.69) is 34.5 Å². The second-order valence-corrected chi connectivity index (χ2v) is 6.90. The zero-order valence-electron chi connectivity index (χ0n) is 14.4. The monoisotopic (exact) mass is 331 g/mol. The van der Waals surface area contributed by atoms with E-state index in [9.17, 15) is 9.90 Å². The van der Waals surface area contributed by atoms with Gasteiger partial charge in [0, 0.05) is 44.0 Å². The number of benzene rings is 1. The zero-order valence-corrected chi connectivity index (χ0v) is 14.4. The van der Waals surface area contributed by atoms with Crippen molar-refractivity contribution >= 4 is 11.7 Å². The SMILES string of the molecule is O=C(NC1CCN(c2ccccc2)CC1)N1CCCCC1CCO. The highest BCUT2D eigenvalue weighted by atomic mass is 16.3. The Morgan fingerprint density at radius 3 is 2.54 bits per heavy atom. The van der Waals surface area contributed by atoms with Crippen molar-refractivity contribution in [2.45, 2.75) is 50.6 Å². The van der Waals surface area contributed by atoms with Crippen LogP contribution >= 0.6 is 0 Å². The van der Waals surface area contributed by atoms with Crippen LogP contribution in [0.1, 0.15) is 38.5 Å². The topological polar surface area (TPSA) is 55.8 Å². The molecule has 24 heavy (non-hydrogen) atoms. The van der Waals surface area contributed by atoms with Crippen LogP contribution in [0.15, 0.2) is 30.3 Å². The van der Waals surface area contributed by atoms with Crippen LogP contribution in [0, 0.1) is 0 Å². The zero-order chi connectivity index (χ0) is 16.8. The van der Waals surface area contributed by atoms with Crippen molar-refractivity contribution in [3.05, 3.63) is 30.3 Å². The highest BCUT2D eigenvalue weighted by Crippen LogP contribution is 2.22. The first-order valence-corrected chi connectivity index (χ1v) is 9.26. The summed E-state index contributed by atoms with van der Waals surface area (Å²) in [5.74, 6) is 0. The summed E-state index contributed by atoms with van der Waals surface area (Å²) in [6.07, 6.45) is 5.91. The molecule has 2 heterocycles. The van der Waals surface area contributed by atoms with E-state index in [0.717, 1.165) is 51.7 Å². The van der Waals surface area contributed by atoms with Crippen LogP contribution < -0.4 is 10.2 Å². The molecular formula is C19H29N3O2. The lowest BCUT2D eigenvalue weighted by Gasteiger charge is -2.38. The molecule has 0 bridgehead atoms. The van der Waals surface area contributed by atoms with E-state index in [1.54, 1.807) is 0 Å². The lowest BCUT2D eigenvalue weighted by atomic mass is 10.00. The molecule has 2 aliphatic heterocycles. The van der Waals surface area contributed by atoms with Crippen molar-refractivity contribution in [3.63, 3.8) is 0 Å². The van der Waals surface area contributed by atoms with Crippen LogP contribution in [-0.4, -0.2) is 54.4 Å². The number of para-hydroxylation sites is 1. The minimum Gasteiger partial charge on any atom is -0.396 e. The summed E-state index contributed by atoms with van der Waals surface area (Å²) in [6, 6.07) is 11.0. The molecular weight excluding hydrogens is 302 g/mol. The van der Waals surface area contributed by atoms with E-state index < -0.39 is 0 Å². The second kappa shape index (κ2) is 8.38. The van der Waals surface area contributed by atoms with Gasteiger partial charge in [-0.25, -0.2) is 4.79 Å². The highest BCUT2D eigenvalue weighted by Gasteiger charge is 2.28. The molecule has 2 amide bonds. The van der Waals surface area contributed by atoms with Crippen LogP contribution in [0.25, 0.3) is 0 Å². The number of nitrogens with zero attached hydrogens (tertiary/aromatic N) is 2. The minimum atomic E-state index is 0.0614. The molecule has 0 spiro atoms. The van der Waals surface area contributed by atoms with Gasteiger partial charge >= 0.3 is 6.03 Å². The number of nitrogens with one attached hydrogen (secondary N) is 1. The highest BCUT2D eigenvalue weighted by molar-refractivity contribution is 5.75. The van der Waals surface area contributed by atoms with Crippen LogP contribution in [0.5, 0.6) is 0 Å². The quantitative estimate of drug-likeness (QED) is 0.892. The van der Waals surface area contributed by atoms with Crippen molar-refractivity contribution < 1.29 is 9.90 Å². The molecule has 2 fully saturated rings. The Labute approximate surface area is 144 Å². The Morgan fingerprint density at radius 2 is 1.83 bits per heavy atom. The normalized spacial score (nSPS) is 22.5. The van der Waals surface area contributed by atoms with Gasteiger partial charge in [0.05, 0.1) is 0 Å². The van der Waals surface area contributed by atoms with Gasteiger partial charge in [0.25, 0.3) is 0 Å². The van der Waals surface area contributed by atoms with E-state index in [1.807, 2.05) is 11.0 Å². The molecule has 2 aliphatic rings. The summed E-state index contributed by atoms with van der Waals surface area (Å²) in [7, 11) is 0. The van der Waals surface area contributed by atoms with Crippen molar-refractivity contribution in [1.82, 2.24) is 10.2 Å². The number of aliphatic hydroxyl groups excluding tert-OH is 1. The summed E-state index contributed by atoms with van der Waals surface area (Å²) in [4.78, 5) is 17.0. The molecule has 3 rings (SSSR count). The van der Waals surface area contributed by atoms with E-state index >= 15 is 0 Å². The number of rotatable bonds is 4. The fourth-order valence-corrected chi connectivity index (χ4v) is 3.90. The van der Waals surface area contributed by atoms with Gasteiger partial charge in [0.1, 0.15) is 0 Å². The lowest BCUT2D eigenvalue weighted by Crippen LogP contribution is -2.53. The average Bonchev–Trinajstić information content (AvgIpc) is 2.64. The van der Waals surface area contributed by atoms with Gasteiger partial charge in [-0.05, 0) is 50.7 Å². The number of carbonyl (C=O) groups is 1. The van der Waals surface area contributed by atoms with Gasteiger partial charge in [-0.3, -0.25) is 0 Å². The molecule has 5 heteroatoms. The number of anilines is 1. The van der Waals surface area contributed by atoms with Crippen LogP contribution in [0.3, 0.4) is 0 Å². The van der Waals surface area contributed by atoms with Crippen molar-refractivity contribution in [1.29, 1.82) is 0 Å². The standard InChI is InChI=1S/C19H29N3O2/c23-15-11-18-8-4-5-12-22(18)19(24)20-16-9-13-21(14-10-16)17-6-2-1-3-7-17/h1-3,6-7,16,18,23H,4-5,8-15H2,(H,20,24). The van der Waals surface area contributed by atoms with Gasteiger partial charge in [0.15, 0.2) is 0 Å². The summed E-state index contributed by atoms with van der Waals surface area (Å²) in [5.41, 5.74) is 1.27. The van der Waals surface area contributed by atoms with Gasteiger partial charge in [-0.2, -0.15) is 0 Å². The molecule has 0 aliphatic carbocycles. The number of hydrogen-bond acceptors (Lipinski definition) is 3. The second-order valence-electron chi connectivity index (χ2n) is 6.90. The van der Waals surface area contributed by atoms with Gasteiger partial charge < -0.3 is 20.2 Å². The van der Waals surface area contributed by atoms with Crippen LogP contribution in [0.2, 0.25) is 0 Å². The predicted octanol–water partition coefficient (Wildman–Crippen LogP) is 2.60. The van der Waals surface area contributed by atoms with E-state index in [4.69, 9.17) is 0 Å². The van der Waals surface area contributed by atoms with E-state index in [0.29, 0.717) is 6.42 Å². The molecule has 1 atom stereocenters. The van der Waals surface area contributed by atoms with Crippen molar-refractivity contribution in [2.75, 3.05) is 31.1 Å². The Balaban J connectivity index is 1.49. The van der Waals surface area contributed by atoms with E-state index in [-0.39, 0.29) is 24.7 Å². The van der Waals surface area contributed by atoms with Gasteiger partial charge in [-0.1, -0.05) is 18.2 Å². The molecule has 0 saturated carbocycles. The summed E-state index contributed by atoms with van der Waals surface area (Å²) < 4.78 is 0. The number of hydrogen-bond donors (Lipinski definition) is 2. The number of likely N-dealkylation sites (tertiary alicyclic amines) is 1. The third-order valence-corrected chi connectivity index (χ3v) is 5.29. The van der Waals surface area contributed by atoms with E-state index in [1.165, 1.54) is 5.69 Å². The first kappa shape index (κ1) is 17.1. The molecule has 132 valence electrons. The molecule has 0 radical (unpaired) electrons. The van der Waals surface area contributed by atoms with Gasteiger partial charge in [-0.15, -0.1) is 0 Å². The van der Waals surface area contributed by atoms with Crippen molar-refractivity contribution in [3.8, 4) is 0 Å². The number of piperidine rings is 2. The number of aliphatic hydroxyl groups is 1. The van der Waals surface area contributed by atoms with Gasteiger partial charge in [0.2, 0.25) is 0 Å². The maximum absolute atomic E-state index is 12.6. The molecule has 5 nitrogen and oxygen atoms in total. The first-order chi connectivity index (χ1) is 11.8. The molecule has 2 N–H and O–H groups in total. The maximum Gasteiger partial charge on any atom is 0.317 e. The molecule has 1 unspecified atom stereocenters. The Hall–Kier alpha value is -1.75. The Kier molecular flexibility index (Phi) is 5.96. The smallest absolute Gasteiger partial charge is 0.317 e. The third kappa shape index (κ3) is 4.20. The molecule has 0 aromatic heterocycles. The lowest BCUT2D eigenvalue weighted by molar-refractivity contribution is 0.128. The largest absolute Gasteiger partial charge is 0.396 e. The Morgan fingerprint density at radius 1 is 1.08 bits per heavy atom. The number of amides is 2. The predicted molar refractivity (Wildman–Crippen MR) is 96.3 cm³/mol. The Bertz CT molecular complexity index is 513. The summed E-state index contributed by atoms with van der Waals surface area (Å²) in [6.45, 7) is 2.94. The average molecular weight is 331 g/mol. The molecule has 1 aromatic rings. The molecule has 2 saturated heterocycles. The molecule has 1 aromatic carbocycles. The number of urea groups is 1. The number of carbonyl (C=O) groups excluding carboxylic acids is 1.